The van der Waals surface area contributed by atoms with Crippen molar-refractivity contribution < 1.29 is 22.5 Å². The Bertz CT molecular complexity index is 1620. The fourth-order valence-electron chi connectivity index (χ4n) is 8.34. The normalized spacial score (nSPS) is 32.5. The van der Waals surface area contributed by atoms with Gasteiger partial charge in [0.15, 0.2) is 0 Å². The molecular weight excluding hydrogens is 555 g/mol. The molecule has 2 saturated carbocycles. The van der Waals surface area contributed by atoms with E-state index in [-0.39, 0.29) is 17.2 Å². The van der Waals surface area contributed by atoms with Gasteiger partial charge in [0.05, 0.1) is 24.9 Å². The molecule has 2 aliphatic carbocycles. The monoisotopic (exact) mass is 590 g/mol. The Labute approximate surface area is 242 Å². The summed E-state index contributed by atoms with van der Waals surface area (Å²) in [4.78, 5) is 14.6. The Balaban J connectivity index is 1.36. The van der Waals surface area contributed by atoms with E-state index in [1.807, 2.05) is 84.9 Å². The molecule has 7 rings (SSSR count). The second kappa shape index (κ2) is 9.03. The average Bonchev–Trinajstić information content (AvgIpc) is 3.56. The number of rotatable bonds is 6. The number of amides is 1. The van der Waals surface area contributed by atoms with Gasteiger partial charge in [-0.15, -0.1) is 0 Å². The summed E-state index contributed by atoms with van der Waals surface area (Å²) in [6.45, 7) is 4.35. The first-order chi connectivity index (χ1) is 19.6. The molecule has 1 spiro atoms. The lowest BCUT2D eigenvalue weighted by atomic mass is 9.69. The molecule has 41 heavy (non-hydrogen) atoms. The van der Waals surface area contributed by atoms with Crippen molar-refractivity contribution >= 4 is 33.8 Å². The van der Waals surface area contributed by atoms with E-state index in [2.05, 4.69) is 13.8 Å². The number of carbonyl (C=O) groups excluding carboxylic acids is 1. The van der Waals surface area contributed by atoms with Crippen LogP contribution >= 0.6 is 7.29 Å². The molecule has 2 saturated heterocycles. The van der Waals surface area contributed by atoms with Crippen molar-refractivity contribution in [3.63, 3.8) is 0 Å². The highest BCUT2D eigenvalue weighted by Gasteiger charge is 2.74. The van der Waals surface area contributed by atoms with Crippen molar-refractivity contribution in [3.8, 4) is 5.75 Å². The zero-order chi connectivity index (χ0) is 28.8. The molecule has 9 heteroatoms. The lowest BCUT2D eigenvalue weighted by Gasteiger charge is -2.37. The largest absolute Gasteiger partial charge is 0.497 e. The number of carbonyl (C=O) groups is 1. The number of fused-ring (bicyclic) bond motifs is 1. The Morgan fingerprint density at radius 3 is 2.05 bits per heavy atom. The fraction of sp³-hybridized carbons (Fsp3) is 0.406. The number of methoxy groups -OCH3 is 1. The van der Waals surface area contributed by atoms with Gasteiger partial charge in [0.2, 0.25) is 17.3 Å². The number of nitrogens with zero attached hydrogens (tertiary/aromatic N) is 2. The third kappa shape index (κ3) is 3.63. The maximum absolute atomic E-state index is 15.4. The number of hydrogen-bond acceptors (Lipinski definition) is 5. The Hall–Kier alpha value is -2.93. The summed E-state index contributed by atoms with van der Waals surface area (Å²) in [6, 6.07) is 24.1. The van der Waals surface area contributed by atoms with Crippen molar-refractivity contribution in [1.82, 2.24) is 8.98 Å². The minimum absolute atomic E-state index is 0.00879. The summed E-state index contributed by atoms with van der Waals surface area (Å²) in [5.74, 6) is 0.620. The maximum atomic E-state index is 15.4. The highest BCUT2D eigenvalue weighted by Crippen LogP contribution is 2.71. The summed E-state index contributed by atoms with van der Waals surface area (Å²) in [5.41, 5.74) is 0.224. The molecule has 1 amide bonds. The Morgan fingerprint density at radius 2 is 1.51 bits per heavy atom. The third-order valence-corrected chi connectivity index (χ3v) is 15.7. The van der Waals surface area contributed by atoms with E-state index in [0.29, 0.717) is 28.7 Å². The molecule has 7 nitrogen and oxygen atoms in total. The molecule has 4 aliphatic rings. The van der Waals surface area contributed by atoms with Crippen LogP contribution in [0.5, 0.6) is 5.75 Å². The van der Waals surface area contributed by atoms with Crippen LogP contribution in [0.3, 0.4) is 0 Å². The molecule has 3 aromatic carbocycles. The van der Waals surface area contributed by atoms with E-state index in [4.69, 9.17) is 4.74 Å². The van der Waals surface area contributed by atoms with Gasteiger partial charge in [-0.1, -0.05) is 62.4 Å². The van der Waals surface area contributed by atoms with Crippen molar-refractivity contribution in [2.45, 2.75) is 51.2 Å². The fourth-order valence-corrected chi connectivity index (χ4v) is 14.0. The molecule has 214 valence electrons. The SMILES string of the molecule is COc1ccc([C@H]2[C@@H](C(=O)N3[C@H]4C[C@@H]5CC[C@@]4(CS3(=O)=O)C5(C)C)N2P(=O)(c2ccccc2)c2ccccc2)cc1. The van der Waals surface area contributed by atoms with Gasteiger partial charge in [0.1, 0.15) is 11.8 Å². The highest BCUT2D eigenvalue weighted by atomic mass is 32.2. The second-order valence-electron chi connectivity index (χ2n) is 12.5. The van der Waals surface area contributed by atoms with Gasteiger partial charge >= 0.3 is 0 Å². The van der Waals surface area contributed by atoms with Gasteiger partial charge in [0, 0.05) is 16.0 Å². The molecule has 4 fully saturated rings. The molecule has 0 radical (unpaired) electrons. The first-order valence-electron chi connectivity index (χ1n) is 14.3. The van der Waals surface area contributed by atoms with Gasteiger partial charge in [-0.05, 0) is 72.6 Å². The van der Waals surface area contributed by atoms with E-state index < -0.39 is 40.7 Å². The summed E-state index contributed by atoms with van der Waals surface area (Å²) >= 11 is 0. The first-order valence-corrected chi connectivity index (χ1v) is 17.5. The van der Waals surface area contributed by atoms with Gasteiger partial charge in [-0.2, -0.15) is 0 Å². The summed E-state index contributed by atoms with van der Waals surface area (Å²) in [6.07, 6.45) is 2.52. The van der Waals surface area contributed by atoms with Crippen LogP contribution < -0.4 is 15.3 Å². The van der Waals surface area contributed by atoms with Crippen molar-refractivity contribution in [1.29, 1.82) is 0 Å². The van der Waals surface area contributed by atoms with Crippen molar-refractivity contribution in [2.75, 3.05) is 12.9 Å². The molecule has 6 atom stereocenters. The molecule has 2 aliphatic heterocycles. The Kier molecular flexibility index (Phi) is 5.93. The van der Waals surface area contributed by atoms with Crippen LogP contribution in [0.2, 0.25) is 0 Å². The van der Waals surface area contributed by atoms with Crippen molar-refractivity contribution in [3.05, 3.63) is 90.5 Å². The second-order valence-corrected chi connectivity index (χ2v) is 17.0. The number of sulfonamides is 1. The topological polar surface area (TPSA) is 83.8 Å². The minimum atomic E-state index is -3.83. The molecule has 0 aromatic heterocycles. The lowest BCUT2D eigenvalue weighted by Crippen LogP contribution is -2.46. The molecule has 0 N–H and O–H groups in total. The van der Waals surface area contributed by atoms with Crippen molar-refractivity contribution in [2.24, 2.45) is 16.7 Å². The molecule has 3 aromatic rings. The van der Waals surface area contributed by atoms with Crippen LogP contribution in [0.1, 0.15) is 44.7 Å². The smallest absolute Gasteiger partial charge is 0.256 e. The number of benzene rings is 3. The quantitative estimate of drug-likeness (QED) is 0.305. The van der Waals surface area contributed by atoms with Crippen LogP contribution in [-0.2, 0) is 19.4 Å². The zero-order valence-corrected chi connectivity index (χ0v) is 25.2. The molecular formula is C32H35N2O5PS. The van der Waals surface area contributed by atoms with Crippen LogP contribution in [0, 0.1) is 16.7 Å². The summed E-state index contributed by atoms with van der Waals surface area (Å²) in [7, 11) is -5.77. The van der Waals surface area contributed by atoms with E-state index in [1.54, 1.807) is 11.8 Å². The predicted molar refractivity (Wildman–Crippen MR) is 159 cm³/mol. The summed E-state index contributed by atoms with van der Waals surface area (Å²) < 4.78 is 51.5. The van der Waals surface area contributed by atoms with E-state index >= 15 is 4.57 Å². The standard InChI is InChI=1S/C32H35N2O5PS/c1-31(2)23-18-19-32(31)21-41(37,38)34(27(32)20-23)30(35)29-28(22-14-16-24(39-3)17-15-22)33(29)40(36,25-10-6-4-7-11-25)26-12-8-5-9-13-26/h4-17,23,27-29H,18-21H2,1-3H3/t23-,27-,28-,29-,32-,33?/m0/s1. The van der Waals surface area contributed by atoms with Crippen LogP contribution in [0.25, 0.3) is 0 Å². The Morgan fingerprint density at radius 1 is 0.927 bits per heavy atom. The van der Waals surface area contributed by atoms with Gasteiger partial charge in [0.25, 0.3) is 5.91 Å². The maximum Gasteiger partial charge on any atom is 0.256 e. The number of hydrogen-bond donors (Lipinski definition) is 0. The molecule has 2 heterocycles. The average molecular weight is 591 g/mol. The van der Waals surface area contributed by atoms with E-state index in [0.717, 1.165) is 18.4 Å². The van der Waals surface area contributed by atoms with E-state index in [1.165, 1.54) is 4.31 Å². The van der Waals surface area contributed by atoms with Crippen LogP contribution in [-0.4, -0.2) is 48.2 Å². The van der Waals surface area contributed by atoms with Crippen LogP contribution in [0.4, 0.5) is 0 Å². The zero-order valence-electron chi connectivity index (χ0n) is 23.5. The first kappa shape index (κ1) is 26.9. The van der Waals surface area contributed by atoms with Gasteiger partial charge < -0.3 is 4.74 Å². The predicted octanol–water partition coefficient (Wildman–Crippen LogP) is 4.72. The van der Waals surface area contributed by atoms with Gasteiger partial charge in [-0.3, -0.25) is 9.36 Å². The minimum Gasteiger partial charge on any atom is -0.497 e. The van der Waals surface area contributed by atoms with Gasteiger partial charge in [-0.25, -0.2) is 17.4 Å². The summed E-state index contributed by atoms with van der Waals surface area (Å²) in [5, 5.41) is 1.23. The highest BCUT2D eigenvalue weighted by molar-refractivity contribution is 7.90. The third-order valence-electron chi connectivity index (χ3n) is 10.7. The number of ether oxygens (including phenoxy) is 1. The lowest BCUT2D eigenvalue weighted by molar-refractivity contribution is -0.129. The van der Waals surface area contributed by atoms with E-state index in [9.17, 15) is 13.2 Å². The van der Waals surface area contributed by atoms with Crippen LogP contribution in [0.15, 0.2) is 84.9 Å². The molecule has 1 unspecified atom stereocenters. The molecule has 2 bridgehead atoms.